The summed E-state index contributed by atoms with van der Waals surface area (Å²) in [4.78, 5) is 10.6. The van der Waals surface area contributed by atoms with Crippen molar-refractivity contribution in [3.05, 3.63) is 58.1 Å². The second kappa shape index (κ2) is 6.14. The lowest BCUT2D eigenvalue weighted by molar-refractivity contribution is -0.384. The lowest BCUT2D eigenvalue weighted by Crippen LogP contribution is -1.96. The number of nitriles is 1. The predicted octanol–water partition coefficient (Wildman–Crippen LogP) is 3.22. The van der Waals surface area contributed by atoms with Crippen LogP contribution in [0.2, 0.25) is 0 Å². The maximum Gasteiger partial charge on any atom is 0.270 e. The van der Waals surface area contributed by atoms with Crippen LogP contribution in [-0.2, 0) is 7.05 Å². The molecule has 2 aromatic carbocycles. The van der Waals surface area contributed by atoms with Gasteiger partial charge in [0.15, 0.2) is 11.0 Å². The Morgan fingerprint density at radius 3 is 2.62 bits per heavy atom. The van der Waals surface area contributed by atoms with Crippen LogP contribution in [0, 0.1) is 21.4 Å². The number of hydrogen-bond donors (Lipinski definition) is 1. The molecule has 1 aromatic heterocycles. The minimum atomic E-state index is -0.443. The molecular formula is C16H11N5O2S. The molecule has 0 radical (unpaired) electrons. The van der Waals surface area contributed by atoms with Crippen LogP contribution in [0.1, 0.15) is 5.56 Å². The standard InChI is InChI=1S/C16H11N5O2S/c1-20-15(18-19-16(20)24)14-7-10(9-17)5-6-13(14)11-3-2-4-12(8-11)21(22)23/h2-8H,1H3,(H,19,24). The average molecular weight is 337 g/mol. The molecule has 0 atom stereocenters. The first-order chi connectivity index (χ1) is 11.5. The van der Waals surface area contributed by atoms with Crippen molar-refractivity contribution in [2.24, 2.45) is 7.05 Å². The monoisotopic (exact) mass is 337 g/mol. The summed E-state index contributed by atoms with van der Waals surface area (Å²) < 4.78 is 1.68. The van der Waals surface area contributed by atoms with E-state index in [4.69, 9.17) is 5.26 Å². The molecule has 3 rings (SSSR count). The Kier molecular flexibility index (Phi) is 4.02. The first kappa shape index (κ1) is 15.7. The predicted molar refractivity (Wildman–Crippen MR) is 90.5 cm³/mol. The number of non-ortho nitro benzene ring substituents is 1. The number of nitro groups is 1. The summed E-state index contributed by atoms with van der Waals surface area (Å²) in [5, 5.41) is 28.6. The van der Waals surface area contributed by atoms with E-state index in [1.807, 2.05) is 0 Å². The molecule has 0 saturated carbocycles. The van der Waals surface area contributed by atoms with E-state index < -0.39 is 4.92 Å². The van der Waals surface area contributed by atoms with Crippen molar-refractivity contribution in [2.75, 3.05) is 0 Å². The van der Waals surface area contributed by atoms with E-state index in [0.717, 1.165) is 5.56 Å². The Morgan fingerprint density at radius 1 is 1.21 bits per heavy atom. The van der Waals surface area contributed by atoms with Gasteiger partial charge in [0.05, 0.1) is 16.6 Å². The molecule has 1 heterocycles. The highest BCUT2D eigenvalue weighted by atomic mass is 32.1. The number of rotatable bonds is 3. The van der Waals surface area contributed by atoms with Gasteiger partial charge in [-0.15, -0.1) is 22.8 Å². The van der Waals surface area contributed by atoms with Crippen molar-refractivity contribution in [2.45, 2.75) is 5.16 Å². The van der Waals surface area contributed by atoms with Gasteiger partial charge in [-0.3, -0.25) is 10.1 Å². The fourth-order valence-electron chi connectivity index (χ4n) is 2.39. The molecule has 0 saturated heterocycles. The van der Waals surface area contributed by atoms with E-state index in [0.29, 0.717) is 27.7 Å². The van der Waals surface area contributed by atoms with Gasteiger partial charge in [-0.1, -0.05) is 18.2 Å². The molecule has 0 spiro atoms. The number of hydrogen-bond acceptors (Lipinski definition) is 6. The molecule has 7 nitrogen and oxygen atoms in total. The van der Waals surface area contributed by atoms with Gasteiger partial charge in [-0.05, 0) is 23.3 Å². The fourth-order valence-corrected chi connectivity index (χ4v) is 2.53. The summed E-state index contributed by atoms with van der Waals surface area (Å²) in [5.41, 5.74) is 2.50. The lowest BCUT2D eigenvalue weighted by Gasteiger charge is -2.10. The second-order valence-electron chi connectivity index (χ2n) is 5.06. The summed E-state index contributed by atoms with van der Waals surface area (Å²) in [6.45, 7) is 0. The molecular weight excluding hydrogens is 326 g/mol. The van der Waals surface area contributed by atoms with Crippen LogP contribution in [0.5, 0.6) is 0 Å². The van der Waals surface area contributed by atoms with Crippen LogP contribution in [0.4, 0.5) is 5.69 Å². The van der Waals surface area contributed by atoms with E-state index in [1.54, 1.807) is 41.9 Å². The van der Waals surface area contributed by atoms with Crippen LogP contribution in [0.15, 0.2) is 47.6 Å². The number of benzene rings is 2. The molecule has 118 valence electrons. The molecule has 0 bridgehead atoms. The van der Waals surface area contributed by atoms with Crippen LogP contribution in [0.3, 0.4) is 0 Å². The molecule has 0 aliphatic carbocycles. The van der Waals surface area contributed by atoms with Crippen LogP contribution in [-0.4, -0.2) is 19.7 Å². The quantitative estimate of drug-likeness (QED) is 0.449. The third-order valence-corrected chi connectivity index (χ3v) is 4.00. The topological polar surface area (TPSA) is 97.6 Å². The van der Waals surface area contributed by atoms with Crippen molar-refractivity contribution in [3.63, 3.8) is 0 Å². The maximum atomic E-state index is 11.0. The summed E-state index contributed by atoms with van der Waals surface area (Å²) in [7, 11) is 1.76. The Morgan fingerprint density at radius 2 is 2.00 bits per heavy atom. The first-order valence-electron chi connectivity index (χ1n) is 6.89. The Balaban J connectivity index is 2.26. The largest absolute Gasteiger partial charge is 0.305 e. The van der Waals surface area contributed by atoms with Crippen molar-refractivity contribution in [1.82, 2.24) is 14.8 Å². The van der Waals surface area contributed by atoms with Gasteiger partial charge in [0.1, 0.15) is 0 Å². The minimum absolute atomic E-state index is 0.00402. The first-order valence-corrected chi connectivity index (χ1v) is 7.33. The zero-order valence-corrected chi connectivity index (χ0v) is 13.4. The molecule has 0 aliphatic heterocycles. The molecule has 8 heteroatoms. The highest BCUT2D eigenvalue weighted by Crippen LogP contribution is 2.33. The molecule has 0 N–H and O–H groups in total. The van der Waals surface area contributed by atoms with E-state index >= 15 is 0 Å². The van der Waals surface area contributed by atoms with Crippen LogP contribution < -0.4 is 0 Å². The molecule has 0 amide bonds. The normalized spacial score (nSPS) is 10.4. The third kappa shape index (κ3) is 2.73. The summed E-state index contributed by atoms with van der Waals surface area (Å²) in [5.74, 6) is 0.526. The van der Waals surface area contributed by atoms with Crippen molar-refractivity contribution in [1.29, 1.82) is 5.26 Å². The van der Waals surface area contributed by atoms with Crippen molar-refractivity contribution < 1.29 is 4.92 Å². The average Bonchev–Trinajstić information content (AvgIpc) is 2.93. The van der Waals surface area contributed by atoms with E-state index in [2.05, 4.69) is 28.9 Å². The smallest absolute Gasteiger partial charge is 0.270 e. The van der Waals surface area contributed by atoms with E-state index in [-0.39, 0.29) is 5.69 Å². The van der Waals surface area contributed by atoms with E-state index in [1.165, 1.54) is 12.1 Å². The SMILES string of the molecule is Cn1c(S)nnc1-c1cc(C#N)ccc1-c1cccc([N+](=O)[O-])c1. The molecule has 24 heavy (non-hydrogen) atoms. The zero-order chi connectivity index (χ0) is 17.3. The lowest BCUT2D eigenvalue weighted by atomic mass is 9.97. The second-order valence-corrected chi connectivity index (χ2v) is 5.46. The van der Waals surface area contributed by atoms with Gasteiger partial charge in [0.2, 0.25) is 0 Å². The summed E-state index contributed by atoms with van der Waals surface area (Å²) >= 11 is 4.22. The van der Waals surface area contributed by atoms with Gasteiger partial charge >= 0.3 is 0 Å². The van der Waals surface area contributed by atoms with E-state index in [9.17, 15) is 10.1 Å². The Labute approximate surface area is 142 Å². The van der Waals surface area contributed by atoms with Gasteiger partial charge in [0.25, 0.3) is 5.69 Å². The number of nitro benzene ring substituents is 1. The molecule has 0 fully saturated rings. The van der Waals surface area contributed by atoms with Crippen LogP contribution in [0.25, 0.3) is 22.5 Å². The molecule has 0 unspecified atom stereocenters. The van der Waals surface area contributed by atoms with Gasteiger partial charge in [0, 0.05) is 24.7 Å². The van der Waals surface area contributed by atoms with Crippen molar-refractivity contribution in [3.8, 4) is 28.6 Å². The fraction of sp³-hybridized carbons (Fsp3) is 0.0625. The summed E-state index contributed by atoms with van der Waals surface area (Å²) in [6, 6.07) is 13.5. The van der Waals surface area contributed by atoms with Gasteiger partial charge < -0.3 is 4.57 Å². The molecule has 3 aromatic rings. The highest BCUT2D eigenvalue weighted by Gasteiger charge is 2.16. The third-order valence-electron chi connectivity index (χ3n) is 3.61. The minimum Gasteiger partial charge on any atom is -0.305 e. The maximum absolute atomic E-state index is 11.0. The molecule has 0 aliphatic rings. The van der Waals surface area contributed by atoms with Crippen molar-refractivity contribution >= 4 is 18.3 Å². The summed E-state index contributed by atoms with van der Waals surface area (Å²) in [6.07, 6.45) is 0. The number of nitrogens with zero attached hydrogens (tertiary/aromatic N) is 5. The Hall–Kier alpha value is -3.18. The highest BCUT2D eigenvalue weighted by molar-refractivity contribution is 7.80. The number of aromatic nitrogens is 3. The van der Waals surface area contributed by atoms with Gasteiger partial charge in [-0.25, -0.2) is 0 Å². The Bertz CT molecular complexity index is 990. The zero-order valence-electron chi connectivity index (χ0n) is 12.5. The van der Waals surface area contributed by atoms with Crippen LogP contribution >= 0.6 is 12.6 Å². The number of thiol groups is 1. The van der Waals surface area contributed by atoms with Gasteiger partial charge in [-0.2, -0.15) is 5.26 Å².